The van der Waals surface area contributed by atoms with Gasteiger partial charge >= 0.3 is 0 Å². The Labute approximate surface area is 164 Å². The van der Waals surface area contributed by atoms with Gasteiger partial charge in [-0.2, -0.15) is 0 Å². The van der Waals surface area contributed by atoms with Crippen LogP contribution in [-0.2, 0) is 4.79 Å². The molecule has 144 valence electrons. The SMILES string of the molecule is CC1C(C(=O)N2CCN(C)CC2)=C(c2ccccc2)c2cc([N+](=O)[O-])ccc21. The first-order chi connectivity index (χ1) is 13.5. The van der Waals surface area contributed by atoms with Crippen molar-refractivity contribution in [1.29, 1.82) is 0 Å². The highest BCUT2D eigenvalue weighted by Gasteiger charge is 2.36. The fourth-order valence-corrected chi connectivity index (χ4v) is 4.16. The van der Waals surface area contributed by atoms with Crippen molar-refractivity contribution in [3.63, 3.8) is 0 Å². The second kappa shape index (κ2) is 7.20. The number of nitro benzene ring substituents is 1. The molecule has 0 bridgehead atoms. The van der Waals surface area contributed by atoms with Crippen LogP contribution in [-0.4, -0.2) is 53.9 Å². The molecule has 2 aliphatic rings. The van der Waals surface area contributed by atoms with Crippen LogP contribution >= 0.6 is 0 Å². The summed E-state index contributed by atoms with van der Waals surface area (Å²) in [7, 11) is 2.06. The Morgan fingerprint density at radius 1 is 1.07 bits per heavy atom. The number of rotatable bonds is 3. The molecule has 2 aromatic carbocycles. The lowest BCUT2D eigenvalue weighted by Gasteiger charge is -2.33. The van der Waals surface area contributed by atoms with Crippen LogP contribution in [0.3, 0.4) is 0 Å². The van der Waals surface area contributed by atoms with E-state index >= 15 is 0 Å². The van der Waals surface area contributed by atoms with Gasteiger partial charge in [0.2, 0.25) is 0 Å². The van der Waals surface area contributed by atoms with Gasteiger partial charge in [-0.05, 0) is 29.3 Å². The van der Waals surface area contributed by atoms with E-state index in [0.717, 1.165) is 40.9 Å². The Morgan fingerprint density at radius 2 is 1.75 bits per heavy atom. The summed E-state index contributed by atoms with van der Waals surface area (Å²) < 4.78 is 0. The molecular formula is C22H23N3O3. The van der Waals surface area contributed by atoms with Gasteiger partial charge in [-0.1, -0.05) is 43.3 Å². The molecule has 1 unspecified atom stereocenters. The van der Waals surface area contributed by atoms with Crippen molar-refractivity contribution in [3.8, 4) is 0 Å². The molecule has 1 atom stereocenters. The molecule has 6 heteroatoms. The van der Waals surface area contributed by atoms with Crippen molar-refractivity contribution >= 4 is 17.2 Å². The van der Waals surface area contributed by atoms with Crippen LogP contribution in [0.25, 0.3) is 5.57 Å². The number of nitrogens with zero attached hydrogens (tertiary/aromatic N) is 3. The third-order valence-electron chi connectivity index (χ3n) is 5.77. The number of benzene rings is 2. The van der Waals surface area contributed by atoms with E-state index < -0.39 is 0 Å². The van der Waals surface area contributed by atoms with Gasteiger partial charge in [0.05, 0.1) is 4.92 Å². The maximum absolute atomic E-state index is 13.5. The number of amides is 1. The molecule has 0 saturated carbocycles. The number of nitro groups is 1. The first-order valence-corrected chi connectivity index (χ1v) is 9.53. The summed E-state index contributed by atoms with van der Waals surface area (Å²) in [5, 5.41) is 11.3. The van der Waals surface area contributed by atoms with Crippen molar-refractivity contribution < 1.29 is 9.72 Å². The van der Waals surface area contributed by atoms with Crippen LogP contribution in [0.1, 0.15) is 29.5 Å². The molecule has 4 rings (SSSR count). The third-order valence-corrected chi connectivity index (χ3v) is 5.77. The van der Waals surface area contributed by atoms with E-state index in [0.29, 0.717) is 13.1 Å². The normalized spacial score (nSPS) is 19.6. The fourth-order valence-electron chi connectivity index (χ4n) is 4.16. The van der Waals surface area contributed by atoms with Gasteiger partial charge < -0.3 is 9.80 Å². The van der Waals surface area contributed by atoms with Crippen molar-refractivity contribution in [2.24, 2.45) is 0 Å². The van der Waals surface area contributed by atoms with Gasteiger partial charge in [0.25, 0.3) is 11.6 Å². The molecule has 0 spiro atoms. The number of piperazine rings is 1. The summed E-state index contributed by atoms with van der Waals surface area (Å²) in [4.78, 5) is 28.6. The van der Waals surface area contributed by atoms with Gasteiger partial charge in [-0.15, -0.1) is 0 Å². The predicted molar refractivity (Wildman–Crippen MR) is 108 cm³/mol. The molecule has 0 N–H and O–H groups in total. The zero-order chi connectivity index (χ0) is 19.8. The number of hydrogen-bond acceptors (Lipinski definition) is 4. The second-order valence-corrected chi connectivity index (χ2v) is 7.50. The highest BCUT2D eigenvalue weighted by atomic mass is 16.6. The average molecular weight is 377 g/mol. The van der Waals surface area contributed by atoms with Crippen molar-refractivity contribution in [2.45, 2.75) is 12.8 Å². The Bertz CT molecular complexity index is 960. The van der Waals surface area contributed by atoms with E-state index in [9.17, 15) is 14.9 Å². The monoisotopic (exact) mass is 377 g/mol. The van der Waals surface area contributed by atoms with E-state index in [-0.39, 0.29) is 22.4 Å². The van der Waals surface area contributed by atoms with Gasteiger partial charge in [0.1, 0.15) is 0 Å². The average Bonchev–Trinajstić information content (AvgIpc) is 3.00. The Morgan fingerprint density at radius 3 is 2.39 bits per heavy atom. The topological polar surface area (TPSA) is 66.7 Å². The number of non-ortho nitro benzene ring substituents is 1. The van der Waals surface area contributed by atoms with E-state index in [1.165, 1.54) is 6.07 Å². The molecule has 1 fully saturated rings. The molecule has 1 saturated heterocycles. The minimum atomic E-state index is -0.381. The summed E-state index contributed by atoms with van der Waals surface area (Å²) in [5.41, 5.74) is 4.31. The number of fused-ring (bicyclic) bond motifs is 1. The number of likely N-dealkylation sites (N-methyl/N-ethyl adjacent to an activating group) is 1. The van der Waals surface area contributed by atoms with E-state index in [2.05, 4.69) is 11.9 Å². The summed E-state index contributed by atoms with van der Waals surface area (Å²) in [6.07, 6.45) is 0. The molecule has 6 nitrogen and oxygen atoms in total. The molecule has 1 amide bonds. The lowest BCUT2D eigenvalue weighted by molar-refractivity contribution is -0.384. The lowest BCUT2D eigenvalue weighted by Crippen LogP contribution is -2.47. The van der Waals surface area contributed by atoms with Crippen molar-refractivity contribution in [3.05, 3.63) is 80.9 Å². The zero-order valence-electron chi connectivity index (χ0n) is 16.1. The molecule has 2 aromatic rings. The minimum absolute atomic E-state index is 0.0401. The summed E-state index contributed by atoms with van der Waals surface area (Å²) in [6, 6.07) is 14.7. The van der Waals surface area contributed by atoms with Crippen molar-refractivity contribution in [2.75, 3.05) is 33.2 Å². The molecule has 0 aromatic heterocycles. The van der Waals surface area contributed by atoms with Crippen LogP contribution < -0.4 is 0 Å². The molecule has 28 heavy (non-hydrogen) atoms. The summed E-state index contributed by atoms with van der Waals surface area (Å²) >= 11 is 0. The summed E-state index contributed by atoms with van der Waals surface area (Å²) in [6.45, 7) is 5.12. The van der Waals surface area contributed by atoms with Gasteiger partial charge in [-0.25, -0.2) is 0 Å². The van der Waals surface area contributed by atoms with Crippen LogP contribution in [0.4, 0.5) is 5.69 Å². The molecular weight excluding hydrogens is 354 g/mol. The third kappa shape index (κ3) is 3.10. The highest BCUT2D eigenvalue weighted by molar-refractivity contribution is 6.09. The number of carbonyl (C=O) groups is 1. The highest BCUT2D eigenvalue weighted by Crippen LogP contribution is 2.46. The standard InChI is InChI=1S/C22H23N3O3/c1-15-18-9-8-17(25(27)28)14-19(18)21(16-6-4-3-5-7-16)20(15)22(26)24-12-10-23(2)11-13-24/h3-9,14-15H,10-13H2,1-2H3. The van der Waals surface area contributed by atoms with Gasteiger partial charge in [-0.3, -0.25) is 14.9 Å². The Balaban J connectivity index is 1.85. The van der Waals surface area contributed by atoms with Gasteiger partial charge in [0, 0.05) is 49.8 Å². The van der Waals surface area contributed by atoms with E-state index in [4.69, 9.17) is 0 Å². The first-order valence-electron chi connectivity index (χ1n) is 9.53. The summed E-state index contributed by atoms with van der Waals surface area (Å²) in [5.74, 6) is -0.0588. The number of hydrogen-bond donors (Lipinski definition) is 0. The Kier molecular flexibility index (Phi) is 4.73. The molecule has 1 heterocycles. The number of carbonyl (C=O) groups excluding carboxylic acids is 1. The second-order valence-electron chi connectivity index (χ2n) is 7.50. The quantitative estimate of drug-likeness (QED) is 0.608. The zero-order valence-corrected chi connectivity index (χ0v) is 16.1. The van der Waals surface area contributed by atoms with Crippen molar-refractivity contribution in [1.82, 2.24) is 9.80 Å². The maximum atomic E-state index is 13.5. The fraction of sp³-hybridized carbons (Fsp3) is 0.318. The molecule has 1 aliphatic heterocycles. The van der Waals surface area contributed by atoms with E-state index in [1.54, 1.807) is 12.1 Å². The first kappa shape index (κ1) is 18.4. The minimum Gasteiger partial charge on any atom is -0.336 e. The van der Waals surface area contributed by atoms with Crippen LogP contribution in [0.5, 0.6) is 0 Å². The van der Waals surface area contributed by atoms with Crippen LogP contribution in [0.2, 0.25) is 0 Å². The van der Waals surface area contributed by atoms with E-state index in [1.807, 2.05) is 42.2 Å². The molecule has 0 radical (unpaired) electrons. The Hall–Kier alpha value is -2.99. The lowest BCUT2D eigenvalue weighted by atomic mass is 9.95. The molecule has 1 aliphatic carbocycles. The van der Waals surface area contributed by atoms with Crippen LogP contribution in [0.15, 0.2) is 54.1 Å². The predicted octanol–water partition coefficient (Wildman–Crippen LogP) is 3.29. The maximum Gasteiger partial charge on any atom is 0.270 e. The largest absolute Gasteiger partial charge is 0.336 e. The van der Waals surface area contributed by atoms with Crippen LogP contribution in [0, 0.1) is 10.1 Å². The smallest absolute Gasteiger partial charge is 0.270 e. The van der Waals surface area contributed by atoms with Gasteiger partial charge in [0.15, 0.2) is 0 Å².